The van der Waals surface area contributed by atoms with Gasteiger partial charge in [0, 0.05) is 0 Å². The maximum atomic E-state index is 13.1. The van der Waals surface area contributed by atoms with Crippen molar-refractivity contribution >= 4 is 40.5 Å². The van der Waals surface area contributed by atoms with Crippen molar-refractivity contribution in [2.45, 2.75) is 6.42 Å². The van der Waals surface area contributed by atoms with Gasteiger partial charge in [0.05, 0.1) is 24.1 Å². The van der Waals surface area contributed by atoms with Crippen molar-refractivity contribution in [3.63, 3.8) is 0 Å². The molecule has 0 aromatic heterocycles. The first-order valence-electron chi connectivity index (χ1n) is 9.97. The molecule has 1 aliphatic heterocycles. The first-order valence-corrected chi connectivity index (χ1v) is 10.8. The number of nitrogens with one attached hydrogen (secondary N) is 1. The lowest BCUT2D eigenvalue weighted by Gasteiger charge is -2.16. The van der Waals surface area contributed by atoms with Crippen LogP contribution in [0.3, 0.4) is 0 Å². The third kappa shape index (κ3) is 5.25. The summed E-state index contributed by atoms with van der Waals surface area (Å²) < 4.78 is 5.19. The van der Waals surface area contributed by atoms with E-state index in [-0.39, 0.29) is 18.2 Å². The van der Waals surface area contributed by atoms with E-state index in [2.05, 4.69) is 10.4 Å². The van der Waals surface area contributed by atoms with Crippen LogP contribution in [0.2, 0.25) is 0 Å². The summed E-state index contributed by atoms with van der Waals surface area (Å²) in [5.41, 5.74) is 5.11. The number of aliphatic imine (C=N–C) groups is 1. The highest BCUT2D eigenvalue weighted by atomic mass is 32.2. The van der Waals surface area contributed by atoms with Gasteiger partial charge in [-0.3, -0.25) is 15.0 Å². The van der Waals surface area contributed by atoms with E-state index in [0.29, 0.717) is 15.8 Å². The number of carbonyl (C=O) groups is 2. The molecule has 1 fully saturated rings. The minimum Gasteiger partial charge on any atom is -0.497 e. The van der Waals surface area contributed by atoms with E-state index in [1.165, 1.54) is 16.8 Å². The highest BCUT2D eigenvalue weighted by Crippen LogP contribution is 2.33. The summed E-state index contributed by atoms with van der Waals surface area (Å²) >= 11 is 1.22. The van der Waals surface area contributed by atoms with E-state index in [1.807, 2.05) is 84.9 Å². The Morgan fingerprint density at radius 2 is 1.66 bits per heavy atom. The number of carbonyl (C=O) groups excluding carboxylic acids is 2. The molecule has 0 spiro atoms. The lowest BCUT2D eigenvalue weighted by molar-refractivity contribution is -0.132. The monoisotopic (exact) mass is 443 g/mol. The van der Waals surface area contributed by atoms with Gasteiger partial charge in [0.2, 0.25) is 5.91 Å². The Bertz CT molecular complexity index is 1160. The quantitative estimate of drug-likeness (QED) is 0.567. The number of amides is 2. The Morgan fingerprint density at radius 1 is 1.00 bits per heavy atom. The molecular formula is C25H21N3O3S. The van der Waals surface area contributed by atoms with Crippen LogP contribution in [0, 0.1) is 0 Å². The second kappa shape index (κ2) is 9.98. The molecule has 7 heteroatoms. The zero-order valence-corrected chi connectivity index (χ0v) is 18.2. The molecule has 32 heavy (non-hydrogen) atoms. The van der Waals surface area contributed by atoms with Crippen LogP contribution >= 0.6 is 11.8 Å². The Morgan fingerprint density at radius 3 is 2.31 bits per heavy atom. The Balaban J connectivity index is 1.60. The highest BCUT2D eigenvalue weighted by molar-refractivity contribution is 8.18. The molecule has 0 bridgehead atoms. The smallest absolute Gasteiger partial charge is 0.285 e. The van der Waals surface area contributed by atoms with Crippen molar-refractivity contribution in [1.82, 2.24) is 10.4 Å². The Hall–Kier alpha value is -3.84. The lowest BCUT2D eigenvalue weighted by atomic mass is 10.1. The number of ether oxygens (including phenoxy) is 1. The maximum Gasteiger partial charge on any atom is 0.285 e. The third-order valence-corrected chi connectivity index (χ3v) is 5.61. The fourth-order valence-corrected chi connectivity index (χ4v) is 4.00. The average molecular weight is 444 g/mol. The number of para-hydroxylation sites is 1. The fraction of sp³-hybridized carbons (Fsp3) is 0.0800. The van der Waals surface area contributed by atoms with Crippen molar-refractivity contribution in [3.05, 3.63) is 101 Å². The molecule has 0 aliphatic carbocycles. The van der Waals surface area contributed by atoms with Gasteiger partial charge in [-0.1, -0.05) is 60.7 Å². The number of methoxy groups -OCH3 is 1. The molecule has 160 valence electrons. The van der Waals surface area contributed by atoms with E-state index in [1.54, 1.807) is 13.2 Å². The minimum absolute atomic E-state index is 0.158. The molecule has 0 unspecified atom stereocenters. The number of hydrazine groups is 1. The molecule has 0 saturated carbocycles. The van der Waals surface area contributed by atoms with Crippen molar-refractivity contribution in [3.8, 4) is 5.75 Å². The topological polar surface area (TPSA) is 71.0 Å². The molecule has 1 saturated heterocycles. The highest BCUT2D eigenvalue weighted by Gasteiger charge is 2.35. The summed E-state index contributed by atoms with van der Waals surface area (Å²) in [6.45, 7) is 0. The second-order valence-electron chi connectivity index (χ2n) is 6.95. The van der Waals surface area contributed by atoms with Crippen LogP contribution in [-0.4, -0.2) is 29.1 Å². The number of nitrogens with zero attached hydrogens (tertiary/aromatic N) is 2. The fourth-order valence-electron chi connectivity index (χ4n) is 3.06. The van der Waals surface area contributed by atoms with Gasteiger partial charge in [0.15, 0.2) is 5.17 Å². The minimum atomic E-state index is -0.332. The van der Waals surface area contributed by atoms with E-state index < -0.39 is 0 Å². The molecule has 0 radical (unpaired) electrons. The van der Waals surface area contributed by atoms with Gasteiger partial charge in [0.1, 0.15) is 5.75 Å². The second-order valence-corrected chi connectivity index (χ2v) is 7.96. The van der Waals surface area contributed by atoms with Gasteiger partial charge in [0.25, 0.3) is 5.91 Å². The van der Waals surface area contributed by atoms with Crippen LogP contribution in [0.15, 0.2) is 94.8 Å². The standard InChI is InChI=1S/C25H21N3O3S/c1-31-21-14-12-19(13-15-21)16-22-24(30)28(25(32-22)26-20-10-6-3-7-11-20)27-23(29)17-18-8-4-2-5-9-18/h2-16H,17H2,1H3,(H,27,29)/b22-16+,26-25?. The number of hydrogen-bond donors (Lipinski definition) is 1. The van der Waals surface area contributed by atoms with E-state index in [0.717, 1.165) is 16.9 Å². The first-order chi connectivity index (χ1) is 15.6. The summed E-state index contributed by atoms with van der Waals surface area (Å²) in [7, 11) is 1.60. The van der Waals surface area contributed by atoms with E-state index in [9.17, 15) is 9.59 Å². The molecule has 3 aromatic carbocycles. The predicted octanol–water partition coefficient (Wildman–Crippen LogP) is 4.57. The molecule has 1 aliphatic rings. The predicted molar refractivity (Wildman–Crippen MR) is 127 cm³/mol. The van der Waals surface area contributed by atoms with Gasteiger partial charge in [-0.15, -0.1) is 0 Å². The van der Waals surface area contributed by atoms with Gasteiger partial charge in [-0.05, 0) is 53.2 Å². The molecule has 6 nitrogen and oxygen atoms in total. The van der Waals surface area contributed by atoms with Gasteiger partial charge >= 0.3 is 0 Å². The summed E-state index contributed by atoms with van der Waals surface area (Å²) in [5.74, 6) is 0.109. The number of thioether (sulfide) groups is 1. The summed E-state index contributed by atoms with van der Waals surface area (Å²) in [6, 6.07) is 26.1. The zero-order valence-electron chi connectivity index (χ0n) is 17.4. The molecule has 3 aromatic rings. The summed E-state index contributed by atoms with van der Waals surface area (Å²) in [4.78, 5) is 30.8. The van der Waals surface area contributed by atoms with Crippen molar-refractivity contribution in [2.24, 2.45) is 4.99 Å². The Kier molecular flexibility index (Phi) is 6.67. The normalized spacial score (nSPS) is 15.9. The summed E-state index contributed by atoms with van der Waals surface area (Å²) in [6.07, 6.45) is 1.93. The van der Waals surface area contributed by atoms with Gasteiger partial charge in [-0.25, -0.2) is 4.99 Å². The van der Waals surface area contributed by atoms with Crippen LogP contribution in [0.5, 0.6) is 5.75 Å². The van der Waals surface area contributed by atoms with Crippen LogP contribution in [-0.2, 0) is 16.0 Å². The number of rotatable bonds is 6. The van der Waals surface area contributed by atoms with E-state index >= 15 is 0 Å². The SMILES string of the molecule is COc1ccc(/C=C2/SC(=Nc3ccccc3)N(NC(=O)Cc3ccccc3)C2=O)cc1. The van der Waals surface area contributed by atoms with Crippen molar-refractivity contribution in [2.75, 3.05) is 7.11 Å². The van der Waals surface area contributed by atoms with E-state index in [4.69, 9.17) is 4.74 Å². The molecule has 1 heterocycles. The average Bonchev–Trinajstić information content (AvgIpc) is 3.09. The van der Waals surface area contributed by atoms with Gasteiger partial charge in [-0.2, -0.15) is 5.01 Å². The van der Waals surface area contributed by atoms with Crippen LogP contribution in [0.1, 0.15) is 11.1 Å². The Labute approximate surface area is 190 Å². The van der Waals surface area contributed by atoms with Crippen molar-refractivity contribution in [1.29, 1.82) is 0 Å². The maximum absolute atomic E-state index is 13.1. The number of hydrogen-bond acceptors (Lipinski definition) is 5. The van der Waals surface area contributed by atoms with Crippen molar-refractivity contribution < 1.29 is 14.3 Å². The molecule has 1 N–H and O–H groups in total. The summed E-state index contributed by atoms with van der Waals surface area (Å²) in [5, 5.41) is 1.61. The van der Waals surface area contributed by atoms with Crippen LogP contribution in [0.4, 0.5) is 5.69 Å². The molecule has 0 atom stereocenters. The zero-order chi connectivity index (χ0) is 22.3. The van der Waals surface area contributed by atoms with Crippen LogP contribution in [0.25, 0.3) is 6.08 Å². The van der Waals surface area contributed by atoms with Gasteiger partial charge < -0.3 is 4.74 Å². The number of benzene rings is 3. The molecule has 2 amide bonds. The van der Waals surface area contributed by atoms with Crippen LogP contribution < -0.4 is 10.2 Å². The number of amidine groups is 1. The first kappa shape index (κ1) is 21.4. The lowest BCUT2D eigenvalue weighted by Crippen LogP contribution is -2.46. The largest absolute Gasteiger partial charge is 0.497 e. The molecule has 4 rings (SSSR count). The third-order valence-electron chi connectivity index (χ3n) is 4.64. The molecular weight excluding hydrogens is 422 g/mol.